The zero-order valence-electron chi connectivity index (χ0n) is 14.5. The lowest BCUT2D eigenvalue weighted by molar-refractivity contribution is 0.373. The van der Waals surface area contributed by atoms with E-state index in [2.05, 4.69) is 41.6 Å². The van der Waals surface area contributed by atoms with E-state index in [1.54, 1.807) is 12.1 Å². The molecular weight excluding hydrogens is 412 g/mol. The van der Waals surface area contributed by atoms with E-state index in [0.29, 0.717) is 17.0 Å². The second kappa shape index (κ2) is 6.84. The summed E-state index contributed by atoms with van der Waals surface area (Å²) >= 11 is 3.37. The van der Waals surface area contributed by atoms with Gasteiger partial charge in [0, 0.05) is 22.5 Å². The Morgan fingerprint density at radius 3 is 2.89 bits per heavy atom. The number of fused-ring (bicyclic) bond motifs is 3. The number of hydrazone groups is 1. The topological polar surface area (TPSA) is 97.5 Å². The van der Waals surface area contributed by atoms with Crippen molar-refractivity contribution in [3.63, 3.8) is 0 Å². The van der Waals surface area contributed by atoms with Crippen LogP contribution < -0.4 is 10.2 Å². The molecule has 4 aromatic rings. The van der Waals surface area contributed by atoms with E-state index in [-0.39, 0.29) is 11.7 Å². The van der Waals surface area contributed by atoms with Crippen LogP contribution in [0.2, 0.25) is 0 Å². The number of rotatable bonds is 4. The van der Waals surface area contributed by atoms with Gasteiger partial charge in [-0.15, -0.1) is 10.2 Å². The number of aromatic nitrogens is 4. The SMILES string of the molecule is COc1cc(Br)cc(/C=N\Nc2nnc3c4ccccc4n(C)c3n2)c1O. The molecule has 9 heteroatoms. The highest BCUT2D eigenvalue weighted by atomic mass is 79.9. The Kier molecular flexibility index (Phi) is 4.36. The second-order valence-electron chi connectivity index (χ2n) is 5.80. The van der Waals surface area contributed by atoms with Crippen molar-refractivity contribution in [1.82, 2.24) is 19.7 Å². The third-order valence-corrected chi connectivity index (χ3v) is 4.62. The first-order chi connectivity index (χ1) is 13.1. The zero-order chi connectivity index (χ0) is 19.0. The second-order valence-corrected chi connectivity index (χ2v) is 6.72. The highest BCUT2D eigenvalue weighted by molar-refractivity contribution is 9.10. The summed E-state index contributed by atoms with van der Waals surface area (Å²) < 4.78 is 7.84. The average molecular weight is 427 g/mol. The van der Waals surface area contributed by atoms with Crippen molar-refractivity contribution in [2.75, 3.05) is 12.5 Å². The third-order valence-electron chi connectivity index (χ3n) is 4.16. The van der Waals surface area contributed by atoms with Crippen LogP contribution in [0.3, 0.4) is 0 Å². The van der Waals surface area contributed by atoms with Crippen molar-refractivity contribution in [3.05, 3.63) is 46.4 Å². The molecule has 4 rings (SSSR count). The summed E-state index contributed by atoms with van der Waals surface area (Å²) in [6, 6.07) is 11.3. The largest absolute Gasteiger partial charge is 0.504 e. The molecule has 0 bridgehead atoms. The van der Waals surface area contributed by atoms with E-state index in [0.717, 1.165) is 20.9 Å². The van der Waals surface area contributed by atoms with Crippen molar-refractivity contribution < 1.29 is 9.84 Å². The molecule has 0 saturated carbocycles. The normalized spacial score (nSPS) is 11.5. The van der Waals surface area contributed by atoms with Gasteiger partial charge in [0.15, 0.2) is 17.1 Å². The number of phenols is 1. The molecular formula is C18H15BrN6O2. The minimum Gasteiger partial charge on any atom is -0.504 e. The Bertz CT molecular complexity index is 1190. The number of hydrogen-bond donors (Lipinski definition) is 2. The molecule has 136 valence electrons. The van der Waals surface area contributed by atoms with Crippen molar-refractivity contribution in [2.45, 2.75) is 0 Å². The van der Waals surface area contributed by atoms with Crippen LogP contribution in [-0.2, 0) is 7.05 Å². The fraction of sp³-hybridized carbons (Fsp3) is 0.111. The fourth-order valence-electron chi connectivity index (χ4n) is 2.86. The predicted octanol–water partition coefficient (Wildman–Crippen LogP) is 3.44. The Balaban J connectivity index is 1.65. The molecule has 0 amide bonds. The van der Waals surface area contributed by atoms with Gasteiger partial charge in [-0.2, -0.15) is 10.1 Å². The maximum Gasteiger partial charge on any atom is 0.265 e. The molecule has 27 heavy (non-hydrogen) atoms. The maximum atomic E-state index is 10.2. The van der Waals surface area contributed by atoms with E-state index < -0.39 is 0 Å². The molecule has 8 nitrogen and oxygen atoms in total. The number of halogens is 1. The summed E-state index contributed by atoms with van der Waals surface area (Å²) in [6.07, 6.45) is 1.46. The summed E-state index contributed by atoms with van der Waals surface area (Å²) in [6.45, 7) is 0. The molecule has 0 spiro atoms. The lowest BCUT2D eigenvalue weighted by atomic mass is 10.2. The number of nitrogens with zero attached hydrogens (tertiary/aromatic N) is 5. The third kappa shape index (κ3) is 3.06. The first-order valence-corrected chi connectivity index (χ1v) is 8.81. The van der Waals surface area contributed by atoms with Gasteiger partial charge in [0.05, 0.1) is 18.8 Å². The minimum atomic E-state index is -0.00516. The van der Waals surface area contributed by atoms with E-state index in [9.17, 15) is 5.11 Å². The van der Waals surface area contributed by atoms with E-state index in [1.165, 1.54) is 13.3 Å². The smallest absolute Gasteiger partial charge is 0.265 e. The molecule has 0 saturated heterocycles. The highest BCUT2D eigenvalue weighted by Gasteiger charge is 2.12. The van der Waals surface area contributed by atoms with Crippen LogP contribution in [0, 0.1) is 0 Å². The number of methoxy groups -OCH3 is 1. The van der Waals surface area contributed by atoms with Crippen molar-refractivity contribution in [3.8, 4) is 11.5 Å². The summed E-state index contributed by atoms with van der Waals surface area (Å²) in [5.74, 6) is 0.598. The van der Waals surface area contributed by atoms with Crippen LogP contribution in [0.25, 0.3) is 22.1 Å². The van der Waals surface area contributed by atoms with E-state index in [1.807, 2.05) is 35.9 Å². The molecule has 0 aliphatic heterocycles. The molecule has 0 aliphatic carbocycles. The summed E-state index contributed by atoms with van der Waals surface area (Å²) in [7, 11) is 3.41. The van der Waals surface area contributed by atoms with Crippen LogP contribution in [0.15, 0.2) is 46.0 Å². The lowest BCUT2D eigenvalue weighted by Crippen LogP contribution is -2.01. The van der Waals surface area contributed by atoms with Gasteiger partial charge in [0.1, 0.15) is 5.52 Å². The van der Waals surface area contributed by atoms with Crippen molar-refractivity contribution in [2.24, 2.45) is 12.1 Å². The number of ether oxygens (including phenoxy) is 1. The van der Waals surface area contributed by atoms with Gasteiger partial charge in [0.2, 0.25) is 0 Å². The van der Waals surface area contributed by atoms with Crippen LogP contribution in [0.5, 0.6) is 11.5 Å². The number of phenolic OH excluding ortho intramolecular Hbond substituents is 1. The van der Waals surface area contributed by atoms with Gasteiger partial charge in [0.25, 0.3) is 5.95 Å². The van der Waals surface area contributed by atoms with Gasteiger partial charge >= 0.3 is 0 Å². The molecule has 0 unspecified atom stereocenters. The maximum absolute atomic E-state index is 10.2. The summed E-state index contributed by atoms with van der Waals surface area (Å²) in [5.41, 5.74) is 5.69. The first-order valence-electron chi connectivity index (χ1n) is 8.02. The fourth-order valence-corrected chi connectivity index (χ4v) is 3.32. The Morgan fingerprint density at radius 1 is 1.26 bits per heavy atom. The Labute approximate surface area is 162 Å². The van der Waals surface area contributed by atoms with Gasteiger partial charge in [-0.1, -0.05) is 34.1 Å². The van der Waals surface area contributed by atoms with Crippen molar-refractivity contribution >= 4 is 50.2 Å². The number of anilines is 1. The molecule has 0 radical (unpaired) electrons. The lowest BCUT2D eigenvalue weighted by Gasteiger charge is -2.06. The number of benzene rings is 2. The molecule has 2 N–H and O–H groups in total. The number of nitrogens with one attached hydrogen (secondary N) is 1. The van der Waals surface area contributed by atoms with E-state index >= 15 is 0 Å². The molecule has 0 fully saturated rings. The summed E-state index contributed by atoms with van der Waals surface area (Å²) in [5, 5.41) is 23.6. The van der Waals surface area contributed by atoms with Crippen LogP contribution in [0.1, 0.15) is 5.56 Å². The van der Waals surface area contributed by atoms with Gasteiger partial charge < -0.3 is 14.4 Å². The highest BCUT2D eigenvalue weighted by Crippen LogP contribution is 2.32. The van der Waals surface area contributed by atoms with Gasteiger partial charge in [-0.3, -0.25) is 0 Å². The molecule has 2 aromatic carbocycles. The van der Waals surface area contributed by atoms with Crippen LogP contribution in [-0.4, -0.2) is 38.2 Å². The minimum absolute atomic E-state index is 0.00516. The Morgan fingerprint density at radius 2 is 2.07 bits per heavy atom. The standard InChI is InChI=1S/C18H15BrN6O2/c1-25-13-6-4-3-5-12(13)15-17(25)21-18(24-22-15)23-20-9-10-7-11(19)8-14(27-2)16(10)26/h3-9,26H,1-2H3,(H,21,23,24)/b20-9-. The predicted molar refractivity (Wildman–Crippen MR) is 107 cm³/mol. The first kappa shape index (κ1) is 17.2. The monoisotopic (exact) mass is 426 g/mol. The number of aryl methyl sites for hydroxylation is 1. The number of hydrogen-bond acceptors (Lipinski definition) is 7. The van der Waals surface area contributed by atoms with Gasteiger partial charge in [-0.05, 0) is 18.2 Å². The molecule has 0 atom stereocenters. The average Bonchev–Trinajstić information content (AvgIpc) is 2.96. The molecule has 2 aromatic heterocycles. The summed E-state index contributed by atoms with van der Waals surface area (Å²) in [4.78, 5) is 4.48. The molecule has 0 aliphatic rings. The van der Waals surface area contributed by atoms with Crippen LogP contribution in [0.4, 0.5) is 5.95 Å². The zero-order valence-corrected chi connectivity index (χ0v) is 16.1. The van der Waals surface area contributed by atoms with Crippen molar-refractivity contribution in [1.29, 1.82) is 0 Å². The van der Waals surface area contributed by atoms with Crippen LogP contribution >= 0.6 is 15.9 Å². The number of aromatic hydroxyl groups is 1. The Hall–Kier alpha value is -3.20. The van der Waals surface area contributed by atoms with E-state index in [4.69, 9.17) is 4.74 Å². The molecule has 2 heterocycles. The number of para-hydroxylation sites is 1. The quantitative estimate of drug-likeness (QED) is 0.383. The van der Waals surface area contributed by atoms with Gasteiger partial charge in [-0.25, -0.2) is 5.43 Å².